The van der Waals surface area contributed by atoms with Crippen LogP contribution in [0.4, 0.5) is 0 Å². The topological polar surface area (TPSA) is 52.3 Å². The maximum Gasteiger partial charge on any atom is 0.217 e. The van der Waals surface area contributed by atoms with Gasteiger partial charge in [-0.2, -0.15) is 0 Å². The normalized spacial score (nSPS) is 11.4. The summed E-state index contributed by atoms with van der Waals surface area (Å²) in [5.41, 5.74) is 7.76. The number of carbonyl (C=O) groups is 1. The van der Waals surface area contributed by atoms with Crippen LogP contribution in [0.2, 0.25) is 0 Å². The second kappa shape index (κ2) is 9.18. The van der Waals surface area contributed by atoms with Crippen molar-refractivity contribution in [2.24, 2.45) is 5.73 Å². The maximum atomic E-state index is 10.7. The first kappa shape index (κ1) is 16.3. The van der Waals surface area contributed by atoms with E-state index in [2.05, 4.69) is 25.1 Å². The van der Waals surface area contributed by atoms with E-state index in [0.717, 1.165) is 37.9 Å². The molecular formula is C17H25NO2. The molecule has 0 unspecified atom stereocenters. The average Bonchev–Trinajstić information content (AvgIpc) is 2.45. The molecule has 110 valence electrons. The van der Waals surface area contributed by atoms with Crippen molar-refractivity contribution in [2.45, 2.75) is 45.4 Å². The molecule has 0 aliphatic rings. The van der Waals surface area contributed by atoms with Crippen LogP contribution in [0.1, 0.15) is 51.0 Å². The van der Waals surface area contributed by atoms with E-state index in [-0.39, 0.29) is 5.91 Å². The zero-order chi connectivity index (χ0) is 14.8. The number of primary amides is 1. The van der Waals surface area contributed by atoms with E-state index in [1.807, 2.05) is 12.1 Å². The molecular weight excluding hydrogens is 250 g/mol. The highest BCUT2D eigenvalue weighted by atomic mass is 16.5. The minimum atomic E-state index is -0.210. The van der Waals surface area contributed by atoms with Gasteiger partial charge in [0.1, 0.15) is 5.75 Å². The van der Waals surface area contributed by atoms with Crippen LogP contribution in [0.3, 0.4) is 0 Å². The fraction of sp³-hybridized carbons (Fsp3) is 0.471. The quantitative estimate of drug-likeness (QED) is 0.694. The Labute approximate surface area is 121 Å². The Morgan fingerprint density at radius 1 is 1.20 bits per heavy atom. The second-order valence-electron chi connectivity index (χ2n) is 4.92. The summed E-state index contributed by atoms with van der Waals surface area (Å²) < 4.78 is 5.18. The average molecular weight is 275 g/mol. The molecule has 1 aromatic rings. The van der Waals surface area contributed by atoms with Gasteiger partial charge in [0, 0.05) is 6.42 Å². The summed E-state index contributed by atoms with van der Waals surface area (Å²) in [6, 6.07) is 8.19. The van der Waals surface area contributed by atoms with Crippen molar-refractivity contribution in [1.82, 2.24) is 0 Å². The van der Waals surface area contributed by atoms with Gasteiger partial charge >= 0.3 is 0 Å². The van der Waals surface area contributed by atoms with Crippen molar-refractivity contribution in [1.29, 1.82) is 0 Å². The molecule has 2 N–H and O–H groups in total. The van der Waals surface area contributed by atoms with E-state index in [9.17, 15) is 4.79 Å². The van der Waals surface area contributed by atoms with E-state index in [1.165, 1.54) is 11.1 Å². The van der Waals surface area contributed by atoms with Crippen LogP contribution >= 0.6 is 0 Å². The summed E-state index contributed by atoms with van der Waals surface area (Å²) in [4.78, 5) is 10.7. The molecule has 0 atom stereocenters. The van der Waals surface area contributed by atoms with Gasteiger partial charge in [0.15, 0.2) is 0 Å². The van der Waals surface area contributed by atoms with E-state index in [0.29, 0.717) is 6.42 Å². The van der Waals surface area contributed by atoms with Crippen LogP contribution < -0.4 is 10.5 Å². The number of ether oxygens (including phenoxy) is 1. The third-order valence-corrected chi connectivity index (χ3v) is 3.25. The smallest absolute Gasteiger partial charge is 0.217 e. The summed E-state index contributed by atoms with van der Waals surface area (Å²) in [7, 11) is 1.68. The predicted molar refractivity (Wildman–Crippen MR) is 83.5 cm³/mol. The van der Waals surface area contributed by atoms with Crippen LogP contribution in [-0.2, 0) is 4.79 Å². The number of benzene rings is 1. The Morgan fingerprint density at radius 2 is 1.90 bits per heavy atom. The van der Waals surface area contributed by atoms with Gasteiger partial charge in [-0.1, -0.05) is 31.6 Å². The van der Waals surface area contributed by atoms with Crippen LogP contribution in [-0.4, -0.2) is 13.0 Å². The molecule has 0 saturated heterocycles. The Balaban J connectivity index is 2.59. The number of carbonyl (C=O) groups excluding carboxylic acids is 1. The van der Waals surface area contributed by atoms with Gasteiger partial charge in [-0.05, 0) is 49.0 Å². The van der Waals surface area contributed by atoms with Crippen molar-refractivity contribution >= 4 is 11.5 Å². The molecule has 0 spiro atoms. The molecule has 0 radical (unpaired) electrons. The number of unbranched alkanes of at least 4 members (excludes halogenated alkanes) is 2. The van der Waals surface area contributed by atoms with Gasteiger partial charge in [-0.3, -0.25) is 4.79 Å². The highest BCUT2D eigenvalue weighted by Crippen LogP contribution is 2.23. The Bertz CT molecular complexity index is 435. The van der Waals surface area contributed by atoms with Crippen LogP contribution in [0.15, 0.2) is 30.3 Å². The standard InChI is InChI=1S/C17H25NO2/c1-3-7-14(8-5-4-6-9-17(18)19)15-10-12-16(20-2)13-11-15/h8,10-13H,3-7,9H2,1-2H3,(H2,18,19). The third-order valence-electron chi connectivity index (χ3n) is 3.25. The number of rotatable bonds is 9. The predicted octanol–water partition coefficient (Wildman–Crippen LogP) is 3.92. The van der Waals surface area contributed by atoms with Crippen molar-refractivity contribution in [2.75, 3.05) is 7.11 Å². The van der Waals surface area contributed by atoms with Gasteiger partial charge < -0.3 is 10.5 Å². The number of amides is 1. The Hall–Kier alpha value is -1.77. The molecule has 0 saturated carbocycles. The summed E-state index contributed by atoms with van der Waals surface area (Å²) in [6.45, 7) is 2.18. The number of methoxy groups -OCH3 is 1. The lowest BCUT2D eigenvalue weighted by atomic mass is 9.99. The van der Waals surface area contributed by atoms with Crippen molar-refractivity contribution in [3.63, 3.8) is 0 Å². The van der Waals surface area contributed by atoms with Crippen molar-refractivity contribution in [3.05, 3.63) is 35.9 Å². The SMILES string of the molecule is CCCC(=CCCCCC(N)=O)c1ccc(OC)cc1. The largest absolute Gasteiger partial charge is 0.497 e. The Morgan fingerprint density at radius 3 is 2.45 bits per heavy atom. The van der Waals surface area contributed by atoms with Gasteiger partial charge in [-0.25, -0.2) is 0 Å². The summed E-state index contributed by atoms with van der Waals surface area (Å²) in [6.07, 6.45) is 7.84. The lowest BCUT2D eigenvalue weighted by molar-refractivity contribution is -0.118. The van der Waals surface area contributed by atoms with Crippen molar-refractivity contribution in [3.8, 4) is 5.75 Å². The second-order valence-corrected chi connectivity index (χ2v) is 4.92. The molecule has 20 heavy (non-hydrogen) atoms. The van der Waals surface area contributed by atoms with E-state index in [1.54, 1.807) is 7.11 Å². The zero-order valence-electron chi connectivity index (χ0n) is 12.5. The Kier molecular flexibility index (Phi) is 7.48. The fourth-order valence-corrected chi connectivity index (χ4v) is 2.16. The summed E-state index contributed by atoms with van der Waals surface area (Å²) in [5, 5.41) is 0. The molecule has 0 aliphatic heterocycles. The van der Waals surface area contributed by atoms with Gasteiger partial charge in [0.2, 0.25) is 5.91 Å². The minimum absolute atomic E-state index is 0.210. The monoisotopic (exact) mass is 275 g/mol. The molecule has 0 aromatic heterocycles. The van der Waals surface area contributed by atoms with E-state index in [4.69, 9.17) is 10.5 Å². The molecule has 0 aliphatic carbocycles. The first-order valence-corrected chi connectivity index (χ1v) is 7.29. The number of hydrogen-bond acceptors (Lipinski definition) is 2. The molecule has 0 bridgehead atoms. The lowest BCUT2D eigenvalue weighted by Crippen LogP contribution is -2.09. The molecule has 1 rings (SSSR count). The molecule has 1 amide bonds. The number of hydrogen-bond donors (Lipinski definition) is 1. The lowest BCUT2D eigenvalue weighted by Gasteiger charge is -2.08. The van der Waals surface area contributed by atoms with Gasteiger partial charge in [0.05, 0.1) is 7.11 Å². The molecule has 0 heterocycles. The van der Waals surface area contributed by atoms with Gasteiger partial charge in [0.25, 0.3) is 0 Å². The number of allylic oxidation sites excluding steroid dienone is 2. The minimum Gasteiger partial charge on any atom is -0.497 e. The fourth-order valence-electron chi connectivity index (χ4n) is 2.16. The zero-order valence-corrected chi connectivity index (χ0v) is 12.5. The molecule has 1 aromatic carbocycles. The summed E-state index contributed by atoms with van der Waals surface area (Å²) >= 11 is 0. The highest BCUT2D eigenvalue weighted by molar-refractivity contribution is 5.73. The first-order chi connectivity index (χ1) is 9.67. The van der Waals surface area contributed by atoms with Gasteiger partial charge in [-0.15, -0.1) is 0 Å². The van der Waals surface area contributed by atoms with Crippen LogP contribution in [0, 0.1) is 0 Å². The molecule has 3 nitrogen and oxygen atoms in total. The molecule has 0 fully saturated rings. The highest BCUT2D eigenvalue weighted by Gasteiger charge is 2.01. The third kappa shape index (κ3) is 5.91. The summed E-state index contributed by atoms with van der Waals surface area (Å²) in [5.74, 6) is 0.670. The number of nitrogens with two attached hydrogens (primary N) is 1. The van der Waals surface area contributed by atoms with E-state index >= 15 is 0 Å². The van der Waals surface area contributed by atoms with E-state index < -0.39 is 0 Å². The maximum absolute atomic E-state index is 10.7. The van der Waals surface area contributed by atoms with Crippen molar-refractivity contribution < 1.29 is 9.53 Å². The molecule has 3 heteroatoms. The van der Waals surface area contributed by atoms with Crippen LogP contribution in [0.25, 0.3) is 5.57 Å². The first-order valence-electron chi connectivity index (χ1n) is 7.29. The van der Waals surface area contributed by atoms with Crippen LogP contribution in [0.5, 0.6) is 5.75 Å².